The van der Waals surface area contributed by atoms with Crippen molar-refractivity contribution in [1.82, 2.24) is 30.2 Å². The lowest BCUT2D eigenvalue weighted by atomic mass is 9.89. The number of hydrogen-bond donors (Lipinski definition) is 3. The first-order valence-corrected chi connectivity index (χ1v) is 24.6. The third-order valence-electron chi connectivity index (χ3n) is 13.6. The van der Waals surface area contributed by atoms with E-state index in [1.165, 1.54) is 11.1 Å². The number of halogens is 6. The van der Waals surface area contributed by atoms with E-state index in [-0.39, 0.29) is 43.0 Å². The number of primary amides is 2. The number of hydrogen-bond acceptors (Lipinski definition) is 8. The van der Waals surface area contributed by atoms with E-state index >= 15 is 0 Å². The quantitative estimate of drug-likeness (QED) is 0.0808. The largest absolute Gasteiger partial charge is 0.419 e. The van der Waals surface area contributed by atoms with Gasteiger partial charge in [-0.3, -0.25) is 14.4 Å². The summed E-state index contributed by atoms with van der Waals surface area (Å²) in [6.45, 7) is 5.11. The number of benzene rings is 4. The lowest BCUT2D eigenvalue weighted by Gasteiger charge is -2.31. The average molecular weight is 1010 g/mol. The lowest BCUT2D eigenvalue weighted by molar-refractivity contribution is -0.139. The van der Waals surface area contributed by atoms with Crippen molar-refractivity contribution in [2.75, 3.05) is 26.2 Å². The van der Waals surface area contributed by atoms with E-state index in [0.717, 1.165) is 92.1 Å². The van der Waals surface area contributed by atoms with Crippen molar-refractivity contribution in [1.29, 1.82) is 0 Å². The van der Waals surface area contributed by atoms with Gasteiger partial charge in [-0.2, -0.15) is 26.3 Å². The number of carbonyl (C=O) groups excluding carboxylic acids is 3. The summed E-state index contributed by atoms with van der Waals surface area (Å²) in [6.07, 6.45) is -1.85. The van der Waals surface area contributed by atoms with Gasteiger partial charge in [0.05, 0.1) is 35.4 Å². The molecule has 0 aliphatic carbocycles. The summed E-state index contributed by atoms with van der Waals surface area (Å²) in [7, 11) is 0. The molecule has 73 heavy (non-hydrogen) atoms. The second-order valence-corrected chi connectivity index (χ2v) is 18.8. The van der Waals surface area contributed by atoms with E-state index in [1.807, 2.05) is 41.3 Å². The van der Waals surface area contributed by atoms with Gasteiger partial charge in [0.25, 0.3) is 0 Å². The smallest absolute Gasteiger partial charge is 0.369 e. The Balaban J connectivity index is 0.000000214. The molecule has 5 N–H and O–H groups in total. The average Bonchev–Trinajstić information content (AvgIpc) is 3.36. The highest BCUT2D eigenvalue weighted by Crippen LogP contribution is 2.34. The maximum Gasteiger partial charge on any atom is 0.419 e. The number of likely N-dealkylation sites (tertiary alicyclic amines) is 1. The van der Waals surface area contributed by atoms with Crippen molar-refractivity contribution in [3.8, 4) is 0 Å². The molecule has 2 aromatic heterocycles. The zero-order valence-electron chi connectivity index (χ0n) is 40.7. The number of nitrogens with two attached hydrogens (primary N) is 2. The Bertz CT molecular complexity index is 2820. The highest BCUT2D eigenvalue weighted by atomic mass is 19.4. The van der Waals surface area contributed by atoms with Gasteiger partial charge in [-0.1, -0.05) is 97.1 Å². The minimum Gasteiger partial charge on any atom is -0.369 e. The molecule has 4 aromatic carbocycles. The summed E-state index contributed by atoms with van der Waals surface area (Å²) in [5, 5.41) is 3.36. The number of carbonyl (C=O) groups is 3. The van der Waals surface area contributed by atoms with Crippen LogP contribution in [-0.4, -0.2) is 68.7 Å². The molecular weight excluding hydrogens is 947 g/mol. The molecule has 6 aromatic rings. The Labute approximate surface area is 421 Å². The number of alkyl halides is 6. The van der Waals surface area contributed by atoms with E-state index < -0.39 is 35.3 Å². The number of amides is 3. The molecule has 0 radical (unpaired) electrons. The second kappa shape index (κ2) is 24.6. The Hall–Kier alpha value is -7.01. The molecule has 0 unspecified atom stereocenters. The highest BCUT2D eigenvalue weighted by molar-refractivity contribution is 5.77. The molecule has 2 fully saturated rings. The summed E-state index contributed by atoms with van der Waals surface area (Å²) in [4.78, 5) is 52.9. The molecule has 8 rings (SSSR count). The maximum atomic E-state index is 13.7. The van der Waals surface area contributed by atoms with Crippen LogP contribution in [0, 0.1) is 0 Å². The van der Waals surface area contributed by atoms with Crippen LogP contribution in [0.4, 0.5) is 26.3 Å². The standard InChI is InChI=1S/C29H31F3N4O2.C27H29F3N4O/c1-19(37)36-14-12-23(13-15-36)22-8-6-20(7-9-22)16-28-34-18-25(29(30,31)32)26(35-28)11-10-21-4-2-3-5-24(21)17-27(33)38;28-27(29,30)23-17-33-26(15-18-5-7-20(8-6-18)21-11-13-32-14-12-21)34-24(23)10-9-19-3-1-2-4-22(19)16-25(31)35/h2-9,18,23H,10-17H2,1H3,(H2,33,38);1-8,17,21,32H,9-16H2,(H2,31,35). The molecule has 0 saturated carbocycles. The number of nitrogens with one attached hydrogen (secondary N) is 1. The van der Waals surface area contributed by atoms with Crippen LogP contribution in [0.15, 0.2) is 109 Å². The van der Waals surface area contributed by atoms with E-state index in [0.29, 0.717) is 54.7 Å². The fourth-order valence-electron chi connectivity index (χ4n) is 9.63. The molecule has 0 spiro atoms. The Morgan fingerprint density at radius 1 is 0.562 bits per heavy atom. The van der Waals surface area contributed by atoms with E-state index in [2.05, 4.69) is 37.4 Å². The molecule has 4 heterocycles. The summed E-state index contributed by atoms with van der Waals surface area (Å²) in [5.74, 6) is 0.718. The molecule has 2 aliphatic heterocycles. The normalized spacial score (nSPS) is 14.6. The lowest BCUT2D eigenvalue weighted by Crippen LogP contribution is -2.36. The van der Waals surface area contributed by atoms with Crippen LogP contribution >= 0.6 is 0 Å². The molecule has 3 amide bonds. The van der Waals surface area contributed by atoms with Crippen molar-refractivity contribution >= 4 is 17.7 Å². The van der Waals surface area contributed by atoms with Gasteiger partial charge >= 0.3 is 12.4 Å². The number of piperidine rings is 2. The van der Waals surface area contributed by atoms with E-state index in [4.69, 9.17) is 11.5 Å². The summed E-state index contributed by atoms with van der Waals surface area (Å²) in [5.41, 5.74) is 16.2. The van der Waals surface area contributed by atoms with Crippen molar-refractivity contribution < 1.29 is 40.7 Å². The van der Waals surface area contributed by atoms with Gasteiger partial charge < -0.3 is 21.7 Å². The van der Waals surface area contributed by atoms with Crippen LogP contribution in [-0.2, 0) is 78.1 Å². The van der Waals surface area contributed by atoms with E-state index in [9.17, 15) is 40.7 Å². The van der Waals surface area contributed by atoms with Crippen LogP contribution in [0.3, 0.4) is 0 Å². The number of rotatable bonds is 16. The molecule has 2 aliphatic rings. The van der Waals surface area contributed by atoms with Crippen LogP contribution in [0.25, 0.3) is 0 Å². The molecule has 11 nitrogen and oxygen atoms in total. The first-order chi connectivity index (χ1) is 34.9. The molecule has 0 bridgehead atoms. The van der Waals surface area contributed by atoms with Gasteiger partial charge in [0.2, 0.25) is 17.7 Å². The van der Waals surface area contributed by atoms with Crippen molar-refractivity contribution in [2.24, 2.45) is 11.5 Å². The third-order valence-corrected chi connectivity index (χ3v) is 13.6. The monoisotopic (exact) mass is 1010 g/mol. The predicted octanol–water partition coefficient (Wildman–Crippen LogP) is 8.99. The van der Waals surface area contributed by atoms with Crippen molar-refractivity contribution in [2.45, 2.75) is 108 Å². The fraction of sp³-hybridized carbons (Fsp3) is 0.375. The van der Waals surface area contributed by atoms with Crippen molar-refractivity contribution in [3.63, 3.8) is 0 Å². The maximum absolute atomic E-state index is 13.7. The zero-order chi connectivity index (χ0) is 52.1. The Morgan fingerprint density at radius 2 is 0.945 bits per heavy atom. The van der Waals surface area contributed by atoms with Gasteiger partial charge in [-0.25, -0.2) is 19.9 Å². The molecular formula is C56H60F6N8O3. The fourth-order valence-corrected chi connectivity index (χ4v) is 9.63. The van der Waals surface area contributed by atoms with Crippen LogP contribution in [0.2, 0.25) is 0 Å². The van der Waals surface area contributed by atoms with Gasteiger partial charge in [0, 0.05) is 45.2 Å². The first-order valence-electron chi connectivity index (χ1n) is 24.6. The van der Waals surface area contributed by atoms with Gasteiger partial charge in [-0.15, -0.1) is 0 Å². The number of aryl methyl sites for hydroxylation is 4. The van der Waals surface area contributed by atoms with Gasteiger partial charge in [0.15, 0.2) is 0 Å². The number of nitrogens with zero attached hydrogens (tertiary/aromatic N) is 5. The highest BCUT2D eigenvalue weighted by Gasteiger charge is 2.36. The molecule has 17 heteroatoms. The summed E-state index contributed by atoms with van der Waals surface area (Å²) >= 11 is 0. The summed E-state index contributed by atoms with van der Waals surface area (Å²) < 4.78 is 82.1. The molecule has 0 atom stereocenters. The van der Waals surface area contributed by atoms with Gasteiger partial charge in [-0.05, 0) is 121 Å². The minimum absolute atomic E-state index is 0.0309. The van der Waals surface area contributed by atoms with Crippen molar-refractivity contribution in [3.05, 3.63) is 188 Å². The second-order valence-electron chi connectivity index (χ2n) is 18.8. The third kappa shape index (κ3) is 15.5. The SMILES string of the molecule is CC(=O)N1CCC(c2ccc(Cc3ncc(C(F)(F)F)c(CCc4ccccc4CC(N)=O)n3)cc2)CC1.NC(=O)Cc1ccccc1CCc1nc(Cc2ccc(C3CCNCC3)cc2)ncc1C(F)(F)F. The Kier molecular flexibility index (Phi) is 18.1. The Morgan fingerprint density at radius 3 is 1.32 bits per heavy atom. The minimum atomic E-state index is -4.57. The zero-order valence-corrected chi connectivity index (χ0v) is 40.7. The van der Waals surface area contributed by atoms with Crippen LogP contribution in [0.1, 0.15) is 123 Å². The topological polar surface area (TPSA) is 170 Å². The van der Waals surface area contributed by atoms with E-state index in [1.54, 1.807) is 55.5 Å². The number of aromatic nitrogens is 4. The van der Waals surface area contributed by atoms with Crippen LogP contribution in [0.5, 0.6) is 0 Å². The predicted molar refractivity (Wildman–Crippen MR) is 265 cm³/mol. The molecule has 384 valence electrons. The van der Waals surface area contributed by atoms with Gasteiger partial charge in [0.1, 0.15) is 11.6 Å². The molecule has 2 saturated heterocycles. The summed E-state index contributed by atoms with van der Waals surface area (Å²) in [6, 6.07) is 30.5. The van der Waals surface area contributed by atoms with Crippen LogP contribution < -0.4 is 16.8 Å². The first kappa shape index (κ1) is 53.8.